The lowest BCUT2D eigenvalue weighted by atomic mass is 10.0. The van der Waals surface area contributed by atoms with Crippen molar-refractivity contribution in [1.29, 1.82) is 0 Å². The molecule has 0 radical (unpaired) electrons. The third-order valence-electron chi connectivity index (χ3n) is 5.78. The highest BCUT2D eigenvalue weighted by Crippen LogP contribution is 2.33. The molecule has 1 aliphatic rings. The molecule has 4 rings (SSSR count). The van der Waals surface area contributed by atoms with Gasteiger partial charge in [-0.05, 0) is 63.6 Å². The van der Waals surface area contributed by atoms with Crippen molar-refractivity contribution in [2.75, 3.05) is 6.61 Å². The maximum atomic E-state index is 9.12. The Hall–Kier alpha value is -2.14. The van der Waals surface area contributed by atoms with E-state index in [4.69, 9.17) is 19.0 Å². The van der Waals surface area contributed by atoms with Crippen molar-refractivity contribution in [1.82, 2.24) is 0 Å². The molecule has 2 unspecified atom stereocenters. The average molecular weight is 409 g/mol. The van der Waals surface area contributed by atoms with Gasteiger partial charge in [0.25, 0.3) is 0 Å². The zero-order chi connectivity index (χ0) is 21.0. The zero-order valence-electron chi connectivity index (χ0n) is 18.0. The van der Waals surface area contributed by atoms with Gasteiger partial charge in [-0.1, -0.05) is 48.9 Å². The number of aliphatic hydroxyl groups excluding tert-OH is 1. The van der Waals surface area contributed by atoms with Gasteiger partial charge in [0.15, 0.2) is 5.79 Å². The molecule has 0 bridgehead atoms. The number of fused-ring (bicyclic) bond motifs is 1. The summed E-state index contributed by atoms with van der Waals surface area (Å²) in [5, 5.41) is 10.3. The van der Waals surface area contributed by atoms with Gasteiger partial charge in [-0.25, -0.2) is 0 Å². The summed E-state index contributed by atoms with van der Waals surface area (Å²) >= 11 is 0. The summed E-state index contributed by atoms with van der Waals surface area (Å²) in [5.74, 6) is 0.392. The molecule has 1 aliphatic heterocycles. The molecule has 1 N–H and O–H groups in total. The number of hydrogen-bond donors (Lipinski definition) is 1. The summed E-state index contributed by atoms with van der Waals surface area (Å²) in [4.78, 5) is 0. The monoisotopic (exact) mass is 408 g/mol. The maximum absolute atomic E-state index is 9.12. The highest BCUT2D eigenvalue weighted by molar-refractivity contribution is 5.83. The van der Waals surface area contributed by atoms with Crippen LogP contribution in [0.4, 0.5) is 0 Å². The van der Waals surface area contributed by atoms with Gasteiger partial charge < -0.3 is 19.0 Å². The van der Waals surface area contributed by atoms with Crippen LogP contribution in [0.15, 0.2) is 59.0 Å². The molecule has 4 nitrogen and oxygen atoms in total. The van der Waals surface area contributed by atoms with Crippen molar-refractivity contribution in [3.8, 4) is 11.3 Å². The molecule has 160 valence electrons. The van der Waals surface area contributed by atoms with Crippen LogP contribution in [0.1, 0.15) is 51.5 Å². The van der Waals surface area contributed by atoms with Crippen molar-refractivity contribution in [3.63, 3.8) is 0 Å². The predicted octanol–water partition coefficient (Wildman–Crippen LogP) is 6.11. The molecule has 0 amide bonds. The second-order valence-electron chi connectivity index (χ2n) is 8.67. The molecule has 1 saturated heterocycles. The van der Waals surface area contributed by atoms with E-state index in [1.54, 1.807) is 0 Å². The second-order valence-corrected chi connectivity index (χ2v) is 8.67. The summed E-state index contributed by atoms with van der Waals surface area (Å²) in [6.45, 7) is 4.15. The second kappa shape index (κ2) is 9.34. The Labute approximate surface area is 178 Å². The van der Waals surface area contributed by atoms with Crippen LogP contribution < -0.4 is 0 Å². The minimum Gasteiger partial charge on any atom is -0.456 e. The third kappa shape index (κ3) is 5.12. The first-order chi connectivity index (χ1) is 14.5. The Morgan fingerprint density at radius 2 is 1.60 bits per heavy atom. The topological polar surface area (TPSA) is 51.8 Å². The van der Waals surface area contributed by atoms with Gasteiger partial charge in [0.05, 0.1) is 12.2 Å². The van der Waals surface area contributed by atoms with E-state index < -0.39 is 5.79 Å². The number of aryl methyl sites for hydroxylation is 1. The zero-order valence-corrected chi connectivity index (χ0v) is 18.0. The van der Waals surface area contributed by atoms with E-state index >= 15 is 0 Å². The number of ether oxygens (including phenoxy) is 2. The smallest absolute Gasteiger partial charge is 0.163 e. The largest absolute Gasteiger partial charge is 0.456 e. The van der Waals surface area contributed by atoms with Crippen molar-refractivity contribution in [3.05, 3.63) is 60.2 Å². The minimum absolute atomic E-state index is 0.0861. The number of furan rings is 1. The van der Waals surface area contributed by atoms with E-state index in [2.05, 4.69) is 36.4 Å². The third-order valence-corrected chi connectivity index (χ3v) is 5.78. The molecule has 0 aliphatic carbocycles. The average Bonchev–Trinajstić information content (AvgIpc) is 3.30. The molecule has 30 heavy (non-hydrogen) atoms. The maximum Gasteiger partial charge on any atom is 0.163 e. The number of hydrogen-bond acceptors (Lipinski definition) is 4. The first kappa shape index (κ1) is 21.1. The van der Waals surface area contributed by atoms with Gasteiger partial charge in [-0.3, -0.25) is 0 Å². The predicted molar refractivity (Wildman–Crippen MR) is 119 cm³/mol. The Kier molecular flexibility index (Phi) is 6.57. The van der Waals surface area contributed by atoms with Crippen LogP contribution in [-0.4, -0.2) is 29.7 Å². The standard InChI is InChI=1S/C26H32O4/c1-26(2)29-22(23(30-26)13-8-16-27)12-7-6-9-19-14-15-21-18-25(28-24(21)17-19)20-10-4-3-5-11-20/h3-5,10-11,14-15,17-18,22-23,27H,6-9,12-13,16H2,1-2H3. The van der Waals surface area contributed by atoms with E-state index in [9.17, 15) is 0 Å². The SMILES string of the molecule is CC1(C)OC(CCCO)C(CCCCc2ccc3cc(-c4ccccc4)oc3c2)O1. The van der Waals surface area contributed by atoms with Crippen LogP contribution in [0, 0.1) is 0 Å². The Bertz CT molecular complexity index is 944. The summed E-state index contributed by atoms with van der Waals surface area (Å²) in [5.41, 5.74) is 3.36. The Morgan fingerprint density at radius 1 is 0.867 bits per heavy atom. The molecule has 1 fully saturated rings. The number of unbranched alkanes of at least 4 members (excludes halogenated alkanes) is 1. The normalized spacial score (nSPS) is 20.8. The first-order valence-electron chi connectivity index (χ1n) is 11.1. The van der Waals surface area contributed by atoms with Gasteiger partial charge in [-0.2, -0.15) is 0 Å². The number of aliphatic hydroxyl groups is 1. The van der Waals surface area contributed by atoms with Crippen LogP contribution >= 0.6 is 0 Å². The van der Waals surface area contributed by atoms with Crippen LogP contribution in [0.3, 0.4) is 0 Å². The fourth-order valence-corrected chi connectivity index (χ4v) is 4.34. The van der Waals surface area contributed by atoms with E-state index in [0.717, 1.165) is 60.8 Å². The molecule has 0 saturated carbocycles. The molecular formula is C26H32O4. The van der Waals surface area contributed by atoms with E-state index in [1.165, 1.54) is 5.56 Å². The molecule has 2 atom stereocenters. The summed E-state index contributed by atoms with van der Waals surface area (Å²) < 4.78 is 18.2. The Balaban J connectivity index is 1.31. The van der Waals surface area contributed by atoms with Crippen molar-refractivity contribution in [2.45, 2.75) is 70.4 Å². The highest BCUT2D eigenvalue weighted by atomic mass is 16.7. The fraction of sp³-hybridized carbons (Fsp3) is 0.462. The van der Waals surface area contributed by atoms with Crippen molar-refractivity contribution in [2.24, 2.45) is 0 Å². The van der Waals surface area contributed by atoms with Gasteiger partial charge in [0.2, 0.25) is 0 Å². The molecule has 1 aromatic heterocycles. The molecule has 0 spiro atoms. The van der Waals surface area contributed by atoms with Crippen molar-refractivity contribution >= 4 is 11.0 Å². The van der Waals surface area contributed by atoms with Gasteiger partial charge >= 0.3 is 0 Å². The van der Waals surface area contributed by atoms with E-state index in [1.807, 2.05) is 32.0 Å². The molecule has 3 aromatic rings. The van der Waals surface area contributed by atoms with E-state index in [0.29, 0.717) is 0 Å². The van der Waals surface area contributed by atoms with E-state index in [-0.39, 0.29) is 18.8 Å². The lowest BCUT2D eigenvalue weighted by Crippen LogP contribution is -2.22. The minimum atomic E-state index is -0.522. The number of benzene rings is 2. The van der Waals surface area contributed by atoms with Crippen molar-refractivity contribution < 1.29 is 19.0 Å². The van der Waals surface area contributed by atoms with Crippen LogP contribution in [0.25, 0.3) is 22.3 Å². The summed E-state index contributed by atoms with van der Waals surface area (Å²) in [7, 11) is 0. The molecular weight excluding hydrogens is 376 g/mol. The number of rotatable bonds is 9. The fourth-order valence-electron chi connectivity index (χ4n) is 4.34. The van der Waals surface area contributed by atoms with Crippen LogP contribution in [0.2, 0.25) is 0 Å². The van der Waals surface area contributed by atoms with Gasteiger partial charge in [0.1, 0.15) is 11.3 Å². The molecule has 2 aromatic carbocycles. The highest BCUT2D eigenvalue weighted by Gasteiger charge is 2.40. The van der Waals surface area contributed by atoms with Crippen LogP contribution in [0.5, 0.6) is 0 Å². The Morgan fingerprint density at radius 3 is 2.33 bits per heavy atom. The quantitative estimate of drug-likeness (QED) is 0.434. The first-order valence-corrected chi connectivity index (χ1v) is 11.1. The lowest BCUT2D eigenvalue weighted by molar-refractivity contribution is -0.147. The van der Waals surface area contributed by atoms with Gasteiger partial charge in [0, 0.05) is 17.6 Å². The summed E-state index contributed by atoms with van der Waals surface area (Å²) in [6.07, 6.45) is 6.01. The summed E-state index contributed by atoms with van der Waals surface area (Å²) in [6, 6.07) is 18.9. The van der Waals surface area contributed by atoms with Crippen LogP contribution in [-0.2, 0) is 15.9 Å². The molecule has 4 heteroatoms. The van der Waals surface area contributed by atoms with Gasteiger partial charge in [-0.15, -0.1) is 0 Å². The molecule has 2 heterocycles. The lowest BCUT2D eigenvalue weighted by Gasteiger charge is -2.16.